The molecule has 0 spiro atoms. The van der Waals surface area contributed by atoms with E-state index in [0.717, 1.165) is 18.5 Å². The Labute approximate surface area is 211 Å². The van der Waals surface area contributed by atoms with Crippen molar-refractivity contribution in [3.05, 3.63) is 33.6 Å². The third-order valence-electron chi connectivity index (χ3n) is 8.81. The molecule has 2 unspecified atom stereocenters. The molecule has 6 atom stereocenters. The monoisotopic (exact) mass is 512 g/mol. The van der Waals surface area contributed by atoms with Gasteiger partial charge in [-0.1, -0.05) is 0 Å². The predicted octanol–water partition coefficient (Wildman–Crippen LogP) is -0.554. The number of hydrogen-bond acceptors (Lipinski definition) is 11. The summed E-state index contributed by atoms with van der Waals surface area (Å²) in [7, 11) is 1.50. The molecule has 12 heteroatoms. The lowest BCUT2D eigenvalue weighted by molar-refractivity contribution is -0.149. The number of ketones is 2. The lowest BCUT2D eigenvalue weighted by atomic mass is 9.57. The highest BCUT2D eigenvalue weighted by atomic mass is 16.5. The number of phenols is 1. The Morgan fingerprint density at radius 2 is 1.95 bits per heavy atom. The maximum absolute atomic E-state index is 13.8. The first kappa shape index (κ1) is 23.8. The highest BCUT2D eigenvalue weighted by molar-refractivity contribution is 6.24. The zero-order valence-corrected chi connectivity index (χ0v) is 20.0. The van der Waals surface area contributed by atoms with Gasteiger partial charge in [0.25, 0.3) is 5.91 Å². The molecule has 5 aliphatic rings. The Hall–Kier alpha value is -3.61. The molecule has 1 aromatic carbocycles. The summed E-state index contributed by atoms with van der Waals surface area (Å²) in [6.45, 7) is 1.40. The Morgan fingerprint density at radius 3 is 2.62 bits per heavy atom. The molecule has 2 fully saturated rings. The van der Waals surface area contributed by atoms with Crippen molar-refractivity contribution in [2.24, 2.45) is 29.2 Å². The number of rotatable bonds is 2. The van der Waals surface area contributed by atoms with Crippen molar-refractivity contribution in [3.63, 3.8) is 0 Å². The number of hydrogen-bond donors (Lipinski definition) is 8. The second kappa shape index (κ2) is 7.70. The zero-order valence-electron chi connectivity index (χ0n) is 20.0. The molecule has 10 N–H and O–H groups in total. The number of nitrogens with two attached hydrogens (primary N) is 2. The summed E-state index contributed by atoms with van der Waals surface area (Å²) in [4.78, 5) is 38.3. The molecule has 0 bridgehead atoms. The second-order valence-electron chi connectivity index (χ2n) is 10.5. The van der Waals surface area contributed by atoms with E-state index in [2.05, 4.69) is 10.6 Å². The van der Waals surface area contributed by atoms with Gasteiger partial charge < -0.3 is 47.3 Å². The number of aliphatic hydroxyl groups excluding tert-OH is 2. The number of primary amides is 1. The predicted molar refractivity (Wildman–Crippen MR) is 129 cm³/mol. The number of methoxy groups -OCH3 is 1. The number of carbonyl (C=O) groups excluding carboxylic acids is 3. The smallest absolute Gasteiger partial charge is 0.255 e. The SMILES string of the molecule is COc1c2c(c(O)c3c1C1NCCC1CN3)C(O)=C1C(=O)[C@]3(O)C(O)=C(C(N)=O)C(=O)[C@@H](N)[C@@H]3C[C@@H]1C2. The highest BCUT2D eigenvalue weighted by Crippen LogP contribution is 2.57. The fourth-order valence-electron chi connectivity index (χ4n) is 7.10. The lowest BCUT2D eigenvalue weighted by Gasteiger charge is -2.48. The van der Waals surface area contributed by atoms with Crippen molar-refractivity contribution in [1.82, 2.24) is 5.32 Å². The van der Waals surface area contributed by atoms with E-state index in [4.69, 9.17) is 16.2 Å². The standard InChI is InChI=1S/C25H28N4O8/c1-37-21-9-4-8-5-10-15(26)19(31)14(24(27)35)23(34)25(10,36)22(33)11(8)18(30)12(9)20(32)17-13(21)16-7(6-29-17)2-3-28-16/h7-8,10,15-16,28-30,32,34,36H,2-6,26H2,1H3,(H2,27,35)/t7?,8-,10-,15-,16?,25-/m0/s1. The maximum Gasteiger partial charge on any atom is 0.255 e. The molecule has 12 nitrogen and oxygen atoms in total. The van der Waals surface area contributed by atoms with Crippen LogP contribution in [0.5, 0.6) is 11.5 Å². The van der Waals surface area contributed by atoms with Gasteiger partial charge in [-0.3, -0.25) is 14.4 Å². The number of nitrogens with one attached hydrogen (secondary N) is 2. The van der Waals surface area contributed by atoms with Crippen LogP contribution in [0.25, 0.3) is 5.76 Å². The van der Waals surface area contributed by atoms with Crippen LogP contribution < -0.4 is 26.8 Å². The number of carbonyl (C=O) groups is 3. The van der Waals surface area contributed by atoms with Gasteiger partial charge in [0.15, 0.2) is 17.1 Å². The molecule has 196 valence electrons. The number of anilines is 1. The minimum Gasteiger partial charge on any atom is -0.508 e. The number of aliphatic hydroxyl groups is 3. The van der Waals surface area contributed by atoms with Crippen molar-refractivity contribution in [1.29, 1.82) is 0 Å². The van der Waals surface area contributed by atoms with Crippen molar-refractivity contribution < 1.29 is 39.5 Å². The molecular formula is C25H28N4O8. The molecule has 1 aromatic rings. The molecular weight excluding hydrogens is 484 g/mol. The molecule has 6 rings (SSSR count). The summed E-state index contributed by atoms with van der Waals surface area (Å²) in [6, 6.07) is -1.55. The molecule has 3 aliphatic carbocycles. The van der Waals surface area contributed by atoms with E-state index in [-0.39, 0.29) is 41.7 Å². The van der Waals surface area contributed by atoms with E-state index in [1.807, 2.05) is 0 Å². The summed E-state index contributed by atoms with van der Waals surface area (Å²) >= 11 is 0. The Balaban J connectivity index is 1.57. The van der Waals surface area contributed by atoms with Crippen LogP contribution in [0.15, 0.2) is 16.9 Å². The number of benzene rings is 1. The average molecular weight is 513 g/mol. The van der Waals surface area contributed by atoms with Crippen LogP contribution >= 0.6 is 0 Å². The van der Waals surface area contributed by atoms with Crippen molar-refractivity contribution in [2.45, 2.75) is 36.9 Å². The van der Waals surface area contributed by atoms with E-state index < -0.39 is 58.0 Å². The van der Waals surface area contributed by atoms with Crippen LogP contribution in [-0.4, -0.2) is 69.7 Å². The van der Waals surface area contributed by atoms with Gasteiger partial charge in [-0.2, -0.15) is 0 Å². The second-order valence-corrected chi connectivity index (χ2v) is 10.5. The number of phenolic OH excluding ortho intramolecular Hbond substituents is 1. The first-order valence-electron chi connectivity index (χ1n) is 12.2. The fourth-order valence-corrected chi connectivity index (χ4v) is 7.10. The molecule has 2 aliphatic heterocycles. The minimum absolute atomic E-state index is 0.00373. The third kappa shape index (κ3) is 2.80. The first-order valence-corrected chi connectivity index (χ1v) is 12.2. The van der Waals surface area contributed by atoms with Gasteiger partial charge in [0.05, 0.1) is 24.4 Å². The third-order valence-corrected chi connectivity index (χ3v) is 8.81. The molecule has 2 heterocycles. The molecule has 1 amide bonds. The van der Waals surface area contributed by atoms with Crippen LogP contribution in [0.2, 0.25) is 0 Å². The van der Waals surface area contributed by atoms with Gasteiger partial charge in [-0.05, 0) is 37.6 Å². The minimum atomic E-state index is -2.73. The summed E-state index contributed by atoms with van der Waals surface area (Å²) in [5.74, 6) is -6.59. The normalized spacial score (nSPS) is 34.2. The Morgan fingerprint density at radius 1 is 1.22 bits per heavy atom. The fraction of sp³-hybridized carbons (Fsp3) is 0.480. The van der Waals surface area contributed by atoms with Crippen molar-refractivity contribution in [2.75, 3.05) is 25.5 Å². The van der Waals surface area contributed by atoms with Crippen LogP contribution in [0.4, 0.5) is 5.69 Å². The van der Waals surface area contributed by atoms with Crippen molar-refractivity contribution >= 4 is 28.9 Å². The number of fused-ring (bicyclic) bond motifs is 6. The number of aromatic hydroxyl groups is 1. The quantitative estimate of drug-likeness (QED) is 0.186. The lowest BCUT2D eigenvalue weighted by Crippen LogP contribution is -2.65. The van der Waals surface area contributed by atoms with E-state index >= 15 is 0 Å². The summed E-state index contributed by atoms with van der Waals surface area (Å²) in [5, 5.41) is 51.6. The van der Waals surface area contributed by atoms with Gasteiger partial charge in [0.2, 0.25) is 5.78 Å². The number of amides is 1. The van der Waals surface area contributed by atoms with Gasteiger partial charge in [-0.25, -0.2) is 0 Å². The number of Topliss-reactive ketones (excluding diaryl/α,β-unsaturated/α-hetero) is 2. The van der Waals surface area contributed by atoms with E-state index in [1.165, 1.54) is 7.11 Å². The molecule has 0 aromatic heterocycles. The topological polar surface area (TPSA) is 217 Å². The van der Waals surface area contributed by atoms with E-state index in [0.29, 0.717) is 23.5 Å². The largest absolute Gasteiger partial charge is 0.508 e. The maximum atomic E-state index is 13.8. The zero-order chi connectivity index (χ0) is 26.5. The molecule has 37 heavy (non-hydrogen) atoms. The average Bonchev–Trinajstić information content (AvgIpc) is 3.34. The number of ether oxygens (including phenoxy) is 1. The van der Waals surface area contributed by atoms with Crippen LogP contribution in [0, 0.1) is 17.8 Å². The molecule has 1 saturated heterocycles. The first-order chi connectivity index (χ1) is 17.5. The van der Waals surface area contributed by atoms with Gasteiger partial charge in [0.1, 0.15) is 22.8 Å². The van der Waals surface area contributed by atoms with Gasteiger partial charge in [0, 0.05) is 35.2 Å². The van der Waals surface area contributed by atoms with Crippen LogP contribution in [0.1, 0.15) is 35.6 Å². The van der Waals surface area contributed by atoms with Gasteiger partial charge >= 0.3 is 0 Å². The Kier molecular flexibility index (Phi) is 4.94. The summed E-state index contributed by atoms with van der Waals surface area (Å²) in [6.07, 6.45) is 1.02. The molecule has 0 radical (unpaired) electrons. The van der Waals surface area contributed by atoms with Crippen molar-refractivity contribution in [3.8, 4) is 11.5 Å². The van der Waals surface area contributed by atoms with E-state index in [9.17, 15) is 34.8 Å². The van der Waals surface area contributed by atoms with Gasteiger partial charge in [-0.15, -0.1) is 0 Å². The van der Waals surface area contributed by atoms with E-state index in [1.54, 1.807) is 0 Å². The van der Waals surface area contributed by atoms with Crippen LogP contribution in [-0.2, 0) is 20.8 Å². The Bertz CT molecular complexity index is 1370. The summed E-state index contributed by atoms with van der Waals surface area (Å²) < 4.78 is 5.81. The van der Waals surface area contributed by atoms with Crippen LogP contribution in [0.3, 0.4) is 0 Å². The molecule has 1 saturated carbocycles. The highest BCUT2D eigenvalue weighted by Gasteiger charge is 2.63. The summed E-state index contributed by atoms with van der Waals surface area (Å²) in [5.41, 5.74) is 9.04.